The van der Waals surface area contributed by atoms with Crippen LogP contribution in [0.2, 0.25) is 0 Å². The van der Waals surface area contributed by atoms with Crippen LogP contribution in [0.25, 0.3) is 0 Å². The van der Waals surface area contributed by atoms with Crippen molar-refractivity contribution in [3.63, 3.8) is 0 Å². The molecule has 0 bridgehead atoms. The second-order valence-corrected chi connectivity index (χ2v) is 3.10. The van der Waals surface area contributed by atoms with E-state index in [0.717, 1.165) is 0 Å². The zero-order valence-electron chi connectivity index (χ0n) is 8.02. The van der Waals surface area contributed by atoms with Gasteiger partial charge < -0.3 is 0 Å². The molecule has 0 heterocycles. The Morgan fingerprint density at radius 3 is 2.00 bits per heavy atom. The first-order chi connectivity index (χ1) is 6.50. The summed E-state index contributed by atoms with van der Waals surface area (Å²) in [6.07, 6.45) is 24.0. The Balaban J connectivity index is 2.39. The van der Waals surface area contributed by atoms with Crippen LogP contribution < -0.4 is 0 Å². The highest BCUT2D eigenvalue weighted by Gasteiger charge is 1.85. The van der Waals surface area contributed by atoms with Crippen LogP contribution in [-0.2, 0) is 0 Å². The molecule has 0 saturated carbocycles. The van der Waals surface area contributed by atoms with Crippen molar-refractivity contribution in [2.45, 2.75) is 25.7 Å². The summed E-state index contributed by atoms with van der Waals surface area (Å²) in [5.74, 6) is 0. The fourth-order valence-corrected chi connectivity index (χ4v) is 1.19. The summed E-state index contributed by atoms with van der Waals surface area (Å²) in [6.45, 7) is 0. The molecule has 1 aliphatic rings. The highest BCUT2D eigenvalue weighted by atomic mass is 13.9. The minimum atomic E-state index is 1.20. The molecule has 0 N–H and O–H groups in total. The van der Waals surface area contributed by atoms with Gasteiger partial charge in [0.05, 0.1) is 0 Å². The Morgan fingerprint density at radius 2 is 1.15 bits per heavy atom. The van der Waals surface area contributed by atoms with Crippen molar-refractivity contribution in [1.29, 1.82) is 0 Å². The third kappa shape index (κ3) is 6.15. The standard InChI is InChI=1S/C13H17/c1-2-4-6-8-10-12-13-11-9-7-5-3-1/h1-9H,10-13H2/b2-1+,5-3-,6-4+,9-7+. The van der Waals surface area contributed by atoms with Crippen molar-refractivity contribution in [1.82, 2.24) is 0 Å². The van der Waals surface area contributed by atoms with E-state index in [0.29, 0.717) is 0 Å². The van der Waals surface area contributed by atoms with Gasteiger partial charge in [0.25, 0.3) is 0 Å². The smallest absolute Gasteiger partial charge is 0.0167 e. The van der Waals surface area contributed by atoms with Gasteiger partial charge >= 0.3 is 0 Å². The molecule has 0 unspecified atom stereocenters. The first-order valence-electron chi connectivity index (χ1n) is 4.98. The maximum absolute atomic E-state index is 2.23. The summed E-state index contributed by atoms with van der Waals surface area (Å²) in [5, 5.41) is 0. The van der Waals surface area contributed by atoms with Crippen molar-refractivity contribution >= 4 is 0 Å². The van der Waals surface area contributed by atoms with E-state index in [1.165, 1.54) is 25.7 Å². The lowest BCUT2D eigenvalue weighted by Gasteiger charge is -1.93. The molecule has 0 heteroatoms. The summed E-state index contributed by atoms with van der Waals surface area (Å²) in [4.78, 5) is 0. The van der Waals surface area contributed by atoms with Crippen molar-refractivity contribution < 1.29 is 0 Å². The maximum Gasteiger partial charge on any atom is -0.0167 e. The van der Waals surface area contributed by atoms with Crippen molar-refractivity contribution in [2.75, 3.05) is 0 Å². The number of allylic oxidation sites excluding steroid dienone is 8. The fourth-order valence-electron chi connectivity index (χ4n) is 1.19. The van der Waals surface area contributed by atoms with E-state index >= 15 is 0 Å². The molecule has 0 spiro atoms. The first kappa shape index (κ1) is 10.0. The Labute approximate surface area is 81.4 Å². The van der Waals surface area contributed by atoms with E-state index in [1.807, 2.05) is 6.08 Å². The third-order valence-electron chi connectivity index (χ3n) is 1.93. The van der Waals surface area contributed by atoms with Crippen LogP contribution in [0.5, 0.6) is 0 Å². The van der Waals surface area contributed by atoms with Crippen LogP contribution in [-0.4, -0.2) is 0 Å². The zero-order valence-corrected chi connectivity index (χ0v) is 8.02. The lowest BCUT2D eigenvalue weighted by molar-refractivity contribution is 0.747. The molecule has 0 saturated heterocycles. The summed E-state index contributed by atoms with van der Waals surface area (Å²) >= 11 is 0. The van der Waals surface area contributed by atoms with E-state index in [9.17, 15) is 0 Å². The molecule has 1 rings (SSSR count). The quantitative estimate of drug-likeness (QED) is 0.519. The molecule has 1 radical (unpaired) electrons. The average molecular weight is 173 g/mol. The van der Waals surface area contributed by atoms with Gasteiger partial charge in [-0.25, -0.2) is 0 Å². The molecule has 0 nitrogen and oxygen atoms in total. The monoisotopic (exact) mass is 173 g/mol. The molecule has 0 amide bonds. The van der Waals surface area contributed by atoms with Gasteiger partial charge in [0.15, 0.2) is 0 Å². The number of hydrogen-bond donors (Lipinski definition) is 0. The molecule has 0 atom stereocenters. The van der Waals surface area contributed by atoms with Gasteiger partial charge in [0.2, 0.25) is 0 Å². The Kier molecular flexibility index (Phi) is 5.87. The SMILES string of the molecule is [CH]1/C=C/C=C/C=C\C=C\CCCC1. The maximum atomic E-state index is 2.23. The Morgan fingerprint density at radius 1 is 0.538 bits per heavy atom. The largest absolute Gasteiger partial charge is 0.0845 e. The van der Waals surface area contributed by atoms with Crippen molar-refractivity contribution in [3.8, 4) is 0 Å². The Bertz CT molecular complexity index is 192. The molecule has 13 heavy (non-hydrogen) atoms. The topological polar surface area (TPSA) is 0 Å². The van der Waals surface area contributed by atoms with Gasteiger partial charge in [-0.05, 0) is 25.7 Å². The second-order valence-electron chi connectivity index (χ2n) is 3.10. The van der Waals surface area contributed by atoms with Crippen LogP contribution in [0.15, 0.2) is 48.6 Å². The van der Waals surface area contributed by atoms with Crippen LogP contribution >= 0.6 is 0 Å². The van der Waals surface area contributed by atoms with Gasteiger partial charge in [0, 0.05) is 0 Å². The second kappa shape index (κ2) is 7.60. The Hall–Kier alpha value is -1.04. The molecular weight excluding hydrogens is 156 g/mol. The molecule has 0 aromatic rings. The number of hydrogen-bond acceptors (Lipinski definition) is 0. The molecule has 0 aromatic heterocycles. The van der Waals surface area contributed by atoms with Gasteiger partial charge in [-0.1, -0.05) is 55.0 Å². The van der Waals surface area contributed by atoms with E-state index in [2.05, 4.69) is 49.0 Å². The molecule has 69 valence electrons. The van der Waals surface area contributed by atoms with E-state index in [4.69, 9.17) is 0 Å². The van der Waals surface area contributed by atoms with Gasteiger partial charge in [0.1, 0.15) is 0 Å². The summed E-state index contributed by atoms with van der Waals surface area (Å²) in [6, 6.07) is 0. The lowest BCUT2D eigenvalue weighted by Crippen LogP contribution is -1.75. The van der Waals surface area contributed by atoms with Crippen molar-refractivity contribution in [2.24, 2.45) is 0 Å². The van der Waals surface area contributed by atoms with Crippen molar-refractivity contribution in [3.05, 3.63) is 55.0 Å². The molecule has 0 aliphatic heterocycles. The zero-order chi connectivity index (χ0) is 9.19. The normalized spacial score (nSPS) is 28.9. The van der Waals surface area contributed by atoms with E-state index in [1.54, 1.807) is 0 Å². The highest BCUT2D eigenvalue weighted by Crippen LogP contribution is 2.04. The van der Waals surface area contributed by atoms with Crippen LogP contribution in [0.1, 0.15) is 25.7 Å². The lowest BCUT2D eigenvalue weighted by atomic mass is 10.1. The predicted octanol–water partition coefficient (Wildman–Crippen LogP) is 3.99. The summed E-state index contributed by atoms with van der Waals surface area (Å²) < 4.78 is 0. The highest BCUT2D eigenvalue weighted by molar-refractivity contribution is 5.16. The fraction of sp³-hybridized carbons (Fsp3) is 0.308. The van der Waals surface area contributed by atoms with Crippen LogP contribution in [0.4, 0.5) is 0 Å². The third-order valence-corrected chi connectivity index (χ3v) is 1.93. The van der Waals surface area contributed by atoms with Gasteiger partial charge in [-0.3, -0.25) is 0 Å². The minimum Gasteiger partial charge on any atom is -0.0845 e. The molecule has 0 aromatic carbocycles. The summed E-state index contributed by atoms with van der Waals surface area (Å²) in [5.41, 5.74) is 0. The molecular formula is C13H17. The van der Waals surface area contributed by atoms with Crippen LogP contribution in [0.3, 0.4) is 0 Å². The first-order valence-corrected chi connectivity index (χ1v) is 4.98. The van der Waals surface area contributed by atoms with E-state index in [-0.39, 0.29) is 0 Å². The van der Waals surface area contributed by atoms with E-state index < -0.39 is 0 Å². The summed E-state index contributed by atoms with van der Waals surface area (Å²) in [7, 11) is 0. The predicted molar refractivity (Wildman–Crippen MR) is 59.3 cm³/mol. The molecule has 0 fully saturated rings. The number of rotatable bonds is 0. The molecule has 1 aliphatic carbocycles. The average Bonchev–Trinajstić information content (AvgIpc) is 2.18. The van der Waals surface area contributed by atoms with Crippen LogP contribution in [0, 0.1) is 6.42 Å². The van der Waals surface area contributed by atoms with Gasteiger partial charge in [-0.2, -0.15) is 0 Å². The van der Waals surface area contributed by atoms with Gasteiger partial charge in [-0.15, -0.1) is 0 Å². The minimum absolute atomic E-state index is 1.20.